The van der Waals surface area contributed by atoms with Crippen LogP contribution in [0.3, 0.4) is 0 Å². The van der Waals surface area contributed by atoms with E-state index < -0.39 is 5.60 Å². The first-order valence-electron chi connectivity index (χ1n) is 7.23. The van der Waals surface area contributed by atoms with Crippen molar-refractivity contribution >= 4 is 11.6 Å². The van der Waals surface area contributed by atoms with Crippen molar-refractivity contribution in [3.63, 3.8) is 0 Å². The maximum absolute atomic E-state index is 12.5. The lowest BCUT2D eigenvalue weighted by Gasteiger charge is -2.28. The summed E-state index contributed by atoms with van der Waals surface area (Å²) in [6, 6.07) is 7.60. The van der Waals surface area contributed by atoms with Crippen LogP contribution in [-0.4, -0.2) is 42.3 Å². The molecule has 21 heavy (non-hydrogen) atoms. The van der Waals surface area contributed by atoms with Crippen LogP contribution in [0.2, 0.25) is 0 Å². The molecule has 5 heteroatoms. The Morgan fingerprint density at radius 2 is 1.95 bits per heavy atom. The fraction of sp³-hybridized carbons (Fsp3) is 0.500. The summed E-state index contributed by atoms with van der Waals surface area (Å²) >= 11 is 0. The summed E-state index contributed by atoms with van der Waals surface area (Å²) in [5.41, 5.74) is 0.842. The highest BCUT2D eigenvalue weighted by molar-refractivity contribution is 6.05. The zero-order valence-electron chi connectivity index (χ0n) is 13.0. The largest absolute Gasteiger partial charge is 0.497 e. The van der Waals surface area contributed by atoms with E-state index in [-0.39, 0.29) is 5.91 Å². The number of amides is 1. The minimum absolute atomic E-state index is 0.0141. The molecule has 0 N–H and O–H groups in total. The van der Waals surface area contributed by atoms with Gasteiger partial charge in [-0.15, -0.1) is 0 Å². The van der Waals surface area contributed by atoms with Crippen LogP contribution in [0.15, 0.2) is 29.4 Å². The summed E-state index contributed by atoms with van der Waals surface area (Å²) in [5, 5.41) is 4.12. The summed E-state index contributed by atoms with van der Waals surface area (Å²) < 4.78 is 5.14. The third-order valence-electron chi connectivity index (χ3n) is 3.79. The Labute approximate surface area is 125 Å². The number of oxime groups is 1. The van der Waals surface area contributed by atoms with Gasteiger partial charge in [-0.05, 0) is 50.6 Å². The van der Waals surface area contributed by atoms with E-state index >= 15 is 0 Å². The molecule has 0 radical (unpaired) electrons. The summed E-state index contributed by atoms with van der Waals surface area (Å²) in [6.07, 6.45) is 0.481. The average molecular weight is 290 g/mol. The molecule has 0 saturated heterocycles. The fourth-order valence-corrected chi connectivity index (χ4v) is 2.44. The van der Waals surface area contributed by atoms with Gasteiger partial charge >= 0.3 is 0 Å². The molecule has 0 aromatic heterocycles. The predicted molar refractivity (Wildman–Crippen MR) is 81.6 cm³/mol. The maximum Gasteiger partial charge on any atom is 0.269 e. The highest BCUT2D eigenvalue weighted by Gasteiger charge is 2.44. The normalized spacial score (nSPS) is 20.7. The molecule has 114 valence electrons. The van der Waals surface area contributed by atoms with Crippen molar-refractivity contribution in [1.29, 1.82) is 0 Å². The second kappa shape index (κ2) is 6.16. The monoisotopic (exact) mass is 290 g/mol. The van der Waals surface area contributed by atoms with E-state index in [1.165, 1.54) is 0 Å². The highest BCUT2D eigenvalue weighted by Crippen LogP contribution is 2.29. The minimum Gasteiger partial charge on any atom is -0.497 e. The minimum atomic E-state index is -0.902. The Morgan fingerprint density at radius 1 is 1.33 bits per heavy atom. The lowest BCUT2D eigenvalue weighted by Crippen LogP contribution is -2.47. The third kappa shape index (κ3) is 3.01. The summed E-state index contributed by atoms with van der Waals surface area (Å²) in [4.78, 5) is 19.8. The molecule has 0 bridgehead atoms. The number of ether oxygens (including phenoxy) is 1. The van der Waals surface area contributed by atoms with E-state index in [1.807, 2.05) is 38.1 Å². The zero-order chi connectivity index (χ0) is 15.5. The zero-order valence-corrected chi connectivity index (χ0v) is 13.0. The molecule has 0 fully saturated rings. The standard InChI is InChI=1S/C16H22N2O3/c1-5-18(6-2)15(19)16(3)11-14(17-21-16)12-7-9-13(20-4)10-8-12/h7-10H,5-6,11H2,1-4H3/t16-/m0/s1. The van der Waals surface area contributed by atoms with Crippen molar-refractivity contribution in [2.45, 2.75) is 32.8 Å². The van der Waals surface area contributed by atoms with E-state index in [0.29, 0.717) is 19.5 Å². The fourth-order valence-electron chi connectivity index (χ4n) is 2.44. The van der Waals surface area contributed by atoms with Crippen LogP contribution >= 0.6 is 0 Å². The third-order valence-corrected chi connectivity index (χ3v) is 3.79. The second-order valence-electron chi connectivity index (χ2n) is 5.24. The Kier molecular flexibility index (Phi) is 4.50. The number of hydrogen-bond acceptors (Lipinski definition) is 4. The van der Waals surface area contributed by atoms with Crippen LogP contribution in [-0.2, 0) is 9.63 Å². The Hall–Kier alpha value is -2.04. The molecule has 5 nitrogen and oxygen atoms in total. The number of likely N-dealkylation sites (N-methyl/N-ethyl adjacent to an activating group) is 1. The van der Waals surface area contributed by atoms with Crippen molar-refractivity contribution in [1.82, 2.24) is 4.90 Å². The second-order valence-corrected chi connectivity index (χ2v) is 5.24. The molecule has 1 aliphatic rings. The quantitative estimate of drug-likeness (QED) is 0.837. The van der Waals surface area contributed by atoms with Crippen molar-refractivity contribution in [3.8, 4) is 5.75 Å². The lowest BCUT2D eigenvalue weighted by atomic mass is 9.94. The molecule has 0 saturated carbocycles. The van der Waals surface area contributed by atoms with Crippen LogP contribution in [0.4, 0.5) is 0 Å². The molecule has 0 spiro atoms. The predicted octanol–water partition coefficient (Wildman–Crippen LogP) is 2.45. The first-order chi connectivity index (χ1) is 10.0. The van der Waals surface area contributed by atoms with Crippen LogP contribution < -0.4 is 4.74 Å². The summed E-state index contributed by atoms with van der Waals surface area (Å²) in [5.74, 6) is 0.778. The molecule has 1 heterocycles. The van der Waals surface area contributed by atoms with Crippen molar-refractivity contribution < 1.29 is 14.4 Å². The van der Waals surface area contributed by atoms with Gasteiger partial charge in [-0.1, -0.05) is 5.16 Å². The average Bonchev–Trinajstić information content (AvgIpc) is 2.92. The summed E-state index contributed by atoms with van der Waals surface area (Å²) in [6.45, 7) is 7.07. The van der Waals surface area contributed by atoms with Gasteiger partial charge in [0.1, 0.15) is 5.75 Å². The number of carbonyl (C=O) groups is 1. The Bertz CT molecular complexity index is 535. The molecule has 0 aliphatic carbocycles. The number of hydrogen-bond donors (Lipinski definition) is 0. The lowest BCUT2D eigenvalue weighted by molar-refractivity contribution is -0.152. The van der Waals surface area contributed by atoms with Crippen molar-refractivity contribution in [3.05, 3.63) is 29.8 Å². The van der Waals surface area contributed by atoms with Crippen LogP contribution in [0, 0.1) is 0 Å². The molecule has 1 atom stereocenters. The Balaban J connectivity index is 2.12. The van der Waals surface area contributed by atoms with Crippen molar-refractivity contribution in [2.24, 2.45) is 5.16 Å². The first-order valence-corrected chi connectivity index (χ1v) is 7.23. The molecule has 1 aromatic rings. The summed E-state index contributed by atoms with van der Waals surface area (Å²) in [7, 11) is 1.63. The number of rotatable bonds is 5. The first kappa shape index (κ1) is 15.4. The molecular weight excluding hydrogens is 268 g/mol. The van der Waals surface area contributed by atoms with E-state index in [2.05, 4.69) is 5.16 Å². The molecule has 1 amide bonds. The van der Waals surface area contributed by atoms with Gasteiger partial charge in [-0.25, -0.2) is 0 Å². The van der Waals surface area contributed by atoms with Crippen molar-refractivity contribution in [2.75, 3.05) is 20.2 Å². The SMILES string of the molecule is CCN(CC)C(=O)[C@]1(C)CC(c2ccc(OC)cc2)=NO1. The Morgan fingerprint density at radius 3 is 2.48 bits per heavy atom. The number of benzene rings is 1. The van der Waals surface area contributed by atoms with Crippen LogP contribution in [0.1, 0.15) is 32.8 Å². The maximum atomic E-state index is 12.5. The van der Waals surface area contributed by atoms with E-state index in [0.717, 1.165) is 17.0 Å². The number of nitrogens with zero attached hydrogens (tertiary/aromatic N) is 2. The van der Waals surface area contributed by atoms with Gasteiger partial charge in [-0.3, -0.25) is 4.79 Å². The van der Waals surface area contributed by atoms with Gasteiger partial charge < -0.3 is 14.5 Å². The molecular formula is C16H22N2O3. The van der Waals surface area contributed by atoms with Gasteiger partial charge in [0.05, 0.1) is 12.8 Å². The number of methoxy groups -OCH3 is 1. The van der Waals surface area contributed by atoms with E-state index in [1.54, 1.807) is 18.9 Å². The molecule has 0 unspecified atom stereocenters. The van der Waals surface area contributed by atoms with Gasteiger partial charge in [0, 0.05) is 19.5 Å². The smallest absolute Gasteiger partial charge is 0.269 e. The molecule has 1 aliphatic heterocycles. The van der Waals surface area contributed by atoms with Crippen LogP contribution in [0.25, 0.3) is 0 Å². The van der Waals surface area contributed by atoms with Gasteiger partial charge in [0.25, 0.3) is 5.91 Å². The highest BCUT2D eigenvalue weighted by atomic mass is 16.7. The topological polar surface area (TPSA) is 51.1 Å². The number of carbonyl (C=O) groups excluding carboxylic acids is 1. The van der Waals surface area contributed by atoms with Gasteiger partial charge in [-0.2, -0.15) is 0 Å². The van der Waals surface area contributed by atoms with E-state index in [4.69, 9.17) is 9.57 Å². The van der Waals surface area contributed by atoms with Gasteiger partial charge in [0.15, 0.2) is 0 Å². The van der Waals surface area contributed by atoms with Crippen LogP contribution in [0.5, 0.6) is 5.75 Å². The van der Waals surface area contributed by atoms with E-state index in [9.17, 15) is 4.79 Å². The molecule has 2 rings (SSSR count). The van der Waals surface area contributed by atoms with Gasteiger partial charge in [0.2, 0.25) is 5.60 Å². The molecule has 1 aromatic carbocycles.